The van der Waals surface area contributed by atoms with Gasteiger partial charge in [-0.25, -0.2) is 0 Å². The summed E-state index contributed by atoms with van der Waals surface area (Å²) in [4.78, 5) is 21.1. The predicted octanol–water partition coefficient (Wildman–Crippen LogP) is 1.36. The molecule has 0 radical (unpaired) electrons. The molecular formula is C18H22N4O3. The van der Waals surface area contributed by atoms with E-state index in [4.69, 9.17) is 9.63 Å². The average molecular weight is 342 g/mol. The maximum atomic E-state index is 12.6. The van der Waals surface area contributed by atoms with Crippen molar-refractivity contribution in [2.45, 2.75) is 18.8 Å². The Morgan fingerprint density at radius 2 is 1.88 bits per heavy atom. The predicted molar refractivity (Wildman–Crippen MR) is 91.1 cm³/mol. The Balaban J connectivity index is 1.40. The third-order valence-electron chi connectivity index (χ3n) is 4.84. The number of benzene rings is 1. The molecule has 2 heterocycles. The number of nitrogens with zero attached hydrogens (tertiary/aromatic N) is 4. The van der Waals surface area contributed by atoms with Gasteiger partial charge in [-0.15, -0.1) is 0 Å². The summed E-state index contributed by atoms with van der Waals surface area (Å²) >= 11 is 0. The van der Waals surface area contributed by atoms with Crippen molar-refractivity contribution < 1.29 is 14.4 Å². The summed E-state index contributed by atoms with van der Waals surface area (Å²) in [6.45, 7) is 3.81. The van der Waals surface area contributed by atoms with Crippen LogP contribution in [0.3, 0.4) is 0 Å². The van der Waals surface area contributed by atoms with Crippen LogP contribution in [0.2, 0.25) is 0 Å². The molecule has 7 nitrogen and oxygen atoms in total. The summed E-state index contributed by atoms with van der Waals surface area (Å²) in [6.07, 6.45) is 2.27. The average Bonchev–Trinajstić information content (AvgIpc) is 3.39. The van der Waals surface area contributed by atoms with Gasteiger partial charge in [0, 0.05) is 49.8 Å². The van der Waals surface area contributed by atoms with Crippen molar-refractivity contribution in [1.29, 1.82) is 0 Å². The molecule has 1 saturated carbocycles. The lowest BCUT2D eigenvalue weighted by Crippen LogP contribution is -2.49. The standard InChI is InChI=1S/C18H22N4O3/c23-12-11-21-7-9-22(10-8-21)18(24)15-5-3-14(4-6-15)17-19-16(20-25-17)13-1-2-13/h3-6,13,23H,1-2,7-12H2. The Labute approximate surface area is 146 Å². The van der Waals surface area contributed by atoms with Gasteiger partial charge in [-0.2, -0.15) is 4.98 Å². The normalized spacial score (nSPS) is 18.5. The van der Waals surface area contributed by atoms with Crippen LogP contribution in [-0.2, 0) is 0 Å². The highest BCUT2D eigenvalue weighted by molar-refractivity contribution is 5.94. The number of aliphatic hydroxyl groups excluding tert-OH is 1. The van der Waals surface area contributed by atoms with Gasteiger partial charge in [0.2, 0.25) is 0 Å². The molecule has 2 aromatic rings. The minimum absolute atomic E-state index is 0.0411. The lowest BCUT2D eigenvalue weighted by Gasteiger charge is -2.34. The molecule has 1 N–H and O–H groups in total. The highest BCUT2D eigenvalue weighted by Crippen LogP contribution is 2.38. The lowest BCUT2D eigenvalue weighted by molar-refractivity contribution is 0.0615. The molecular weight excluding hydrogens is 320 g/mol. The molecule has 1 saturated heterocycles. The Morgan fingerprint density at radius 3 is 2.52 bits per heavy atom. The molecule has 0 bridgehead atoms. The van der Waals surface area contributed by atoms with E-state index in [0.717, 1.165) is 37.3 Å². The monoisotopic (exact) mass is 342 g/mol. The molecule has 1 aromatic carbocycles. The van der Waals surface area contributed by atoms with Gasteiger partial charge in [-0.1, -0.05) is 5.16 Å². The molecule has 0 spiro atoms. The summed E-state index contributed by atoms with van der Waals surface area (Å²) in [5.41, 5.74) is 1.50. The van der Waals surface area contributed by atoms with Gasteiger partial charge in [-0.3, -0.25) is 9.69 Å². The first-order chi connectivity index (χ1) is 12.2. The first kappa shape index (κ1) is 16.2. The number of rotatable bonds is 5. The van der Waals surface area contributed by atoms with Gasteiger partial charge < -0.3 is 14.5 Å². The quantitative estimate of drug-likeness (QED) is 0.883. The zero-order chi connectivity index (χ0) is 17.2. The number of carbonyl (C=O) groups is 1. The molecule has 1 aromatic heterocycles. The molecule has 7 heteroatoms. The fraction of sp³-hybridized carbons (Fsp3) is 0.500. The molecule has 4 rings (SSSR count). The maximum Gasteiger partial charge on any atom is 0.257 e. The van der Waals surface area contributed by atoms with Crippen molar-refractivity contribution >= 4 is 5.91 Å². The van der Waals surface area contributed by atoms with Crippen molar-refractivity contribution in [3.05, 3.63) is 35.7 Å². The van der Waals surface area contributed by atoms with Crippen molar-refractivity contribution in [3.63, 3.8) is 0 Å². The maximum absolute atomic E-state index is 12.6. The summed E-state index contributed by atoms with van der Waals surface area (Å²) < 4.78 is 5.32. The van der Waals surface area contributed by atoms with Crippen LogP contribution >= 0.6 is 0 Å². The number of β-amino-alcohol motifs (C(OH)–C–C–N with tert-alkyl or cyclic N) is 1. The first-order valence-electron chi connectivity index (χ1n) is 8.81. The van der Waals surface area contributed by atoms with Crippen LogP contribution in [0.4, 0.5) is 0 Å². The van der Waals surface area contributed by atoms with E-state index in [1.165, 1.54) is 0 Å². The van der Waals surface area contributed by atoms with Gasteiger partial charge in [0.15, 0.2) is 5.82 Å². The smallest absolute Gasteiger partial charge is 0.257 e. The third kappa shape index (κ3) is 3.57. The molecule has 132 valence electrons. The minimum Gasteiger partial charge on any atom is -0.395 e. The van der Waals surface area contributed by atoms with Crippen LogP contribution in [0.5, 0.6) is 0 Å². The SMILES string of the molecule is O=C(c1ccc(-c2nc(C3CC3)no2)cc1)N1CCN(CCO)CC1. The second-order valence-corrected chi connectivity index (χ2v) is 6.67. The highest BCUT2D eigenvalue weighted by Gasteiger charge is 2.29. The Morgan fingerprint density at radius 1 is 1.16 bits per heavy atom. The van der Waals surface area contributed by atoms with E-state index in [2.05, 4.69) is 15.0 Å². The minimum atomic E-state index is 0.0411. The van der Waals surface area contributed by atoms with E-state index < -0.39 is 0 Å². The van der Waals surface area contributed by atoms with Crippen LogP contribution in [0.1, 0.15) is 34.9 Å². The largest absolute Gasteiger partial charge is 0.395 e. The zero-order valence-electron chi connectivity index (χ0n) is 14.1. The fourth-order valence-corrected chi connectivity index (χ4v) is 3.11. The van der Waals surface area contributed by atoms with E-state index in [-0.39, 0.29) is 12.5 Å². The van der Waals surface area contributed by atoms with E-state index in [9.17, 15) is 4.79 Å². The Bertz CT molecular complexity index is 731. The topological polar surface area (TPSA) is 82.7 Å². The third-order valence-corrected chi connectivity index (χ3v) is 4.84. The number of aliphatic hydroxyl groups is 1. The highest BCUT2D eigenvalue weighted by atomic mass is 16.5. The van der Waals surface area contributed by atoms with Gasteiger partial charge in [-0.05, 0) is 37.1 Å². The summed E-state index contributed by atoms with van der Waals surface area (Å²) in [7, 11) is 0. The summed E-state index contributed by atoms with van der Waals surface area (Å²) in [5, 5.41) is 13.0. The van der Waals surface area contributed by atoms with E-state index in [0.29, 0.717) is 37.0 Å². The van der Waals surface area contributed by atoms with Crippen molar-refractivity contribution in [1.82, 2.24) is 19.9 Å². The van der Waals surface area contributed by atoms with Gasteiger partial charge in [0.25, 0.3) is 11.8 Å². The molecule has 2 fully saturated rings. The number of amides is 1. The molecule has 0 unspecified atom stereocenters. The number of carbonyl (C=O) groups excluding carboxylic acids is 1. The number of hydrogen-bond acceptors (Lipinski definition) is 6. The second-order valence-electron chi connectivity index (χ2n) is 6.67. The number of hydrogen-bond donors (Lipinski definition) is 1. The van der Waals surface area contributed by atoms with E-state index in [1.54, 1.807) is 0 Å². The molecule has 1 aliphatic heterocycles. The van der Waals surface area contributed by atoms with Crippen molar-refractivity contribution in [2.24, 2.45) is 0 Å². The summed E-state index contributed by atoms with van der Waals surface area (Å²) in [5.74, 6) is 1.80. The van der Waals surface area contributed by atoms with Crippen LogP contribution in [0, 0.1) is 0 Å². The van der Waals surface area contributed by atoms with Gasteiger partial charge in [0.1, 0.15) is 0 Å². The van der Waals surface area contributed by atoms with Crippen LogP contribution < -0.4 is 0 Å². The Kier molecular flexibility index (Phi) is 4.50. The summed E-state index contributed by atoms with van der Waals surface area (Å²) in [6, 6.07) is 7.36. The van der Waals surface area contributed by atoms with Crippen molar-refractivity contribution in [2.75, 3.05) is 39.3 Å². The zero-order valence-corrected chi connectivity index (χ0v) is 14.1. The second kappa shape index (κ2) is 6.93. The van der Waals surface area contributed by atoms with Gasteiger partial charge in [0.05, 0.1) is 6.61 Å². The van der Waals surface area contributed by atoms with Gasteiger partial charge >= 0.3 is 0 Å². The molecule has 1 aliphatic carbocycles. The molecule has 2 aliphatic rings. The van der Waals surface area contributed by atoms with Crippen molar-refractivity contribution in [3.8, 4) is 11.5 Å². The van der Waals surface area contributed by atoms with Crippen LogP contribution in [-0.4, -0.2) is 70.3 Å². The van der Waals surface area contributed by atoms with Crippen LogP contribution in [0.15, 0.2) is 28.8 Å². The number of aromatic nitrogens is 2. The lowest BCUT2D eigenvalue weighted by atomic mass is 10.1. The molecule has 1 amide bonds. The fourth-order valence-electron chi connectivity index (χ4n) is 3.11. The molecule has 0 atom stereocenters. The first-order valence-corrected chi connectivity index (χ1v) is 8.81. The molecule has 25 heavy (non-hydrogen) atoms. The van der Waals surface area contributed by atoms with E-state index >= 15 is 0 Å². The van der Waals surface area contributed by atoms with E-state index in [1.807, 2.05) is 29.2 Å². The number of piperazine rings is 1. The Hall–Kier alpha value is -2.25. The van der Waals surface area contributed by atoms with Crippen LogP contribution in [0.25, 0.3) is 11.5 Å².